The summed E-state index contributed by atoms with van der Waals surface area (Å²) in [5, 5.41) is 4.51. The molecular formula is C11H22N4. The van der Waals surface area contributed by atoms with E-state index in [1.54, 1.807) is 0 Å². The van der Waals surface area contributed by atoms with Crippen molar-refractivity contribution in [3.05, 3.63) is 11.6 Å². The SMILES string of the molecule is CCCC(CN)n1nc(CC)nc1CC. The van der Waals surface area contributed by atoms with Crippen LogP contribution in [0.2, 0.25) is 0 Å². The average Bonchev–Trinajstić information content (AvgIpc) is 2.68. The normalized spacial score (nSPS) is 13.1. The molecule has 86 valence electrons. The van der Waals surface area contributed by atoms with E-state index in [1.807, 2.05) is 4.68 Å². The molecule has 1 aromatic rings. The molecule has 0 fully saturated rings. The smallest absolute Gasteiger partial charge is 0.150 e. The van der Waals surface area contributed by atoms with Crippen LogP contribution in [0, 0.1) is 0 Å². The van der Waals surface area contributed by atoms with Crippen LogP contribution in [-0.2, 0) is 12.8 Å². The summed E-state index contributed by atoms with van der Waals surface area (Å²) >= 11 is 0. The van der Waals surface area contributed by atoms with E-state index in [0.717, 1.165) is 37.3 Å². The highest BCUT2D eigenvalue weighted by Crippen LogP contribution is 2.14. The minimum atomic E-state index is 0.317. The maximum Gasteiger partial charge on any atom is 0.150 e. The molecule has 1 atom stereocenters. The molecule has 0 aliphatic rings. The summed E-state index contributed by atoms with van der Waals surface area (Å²) in [6.45, 7) is 7.01. The Morgan fingerprint density at radius 1 is 1.27 bits per heavy atom. The number of hydrogen-bond acceptors (Lipinski definition) is 3. The third-order valence-corrected chi connectivity index (χ3v) is 2.62. The van der Waals surface area contributed by atoms with Crippen LogP contribution in [0.5, 0.6) is 0 Å². The van der Waals surface area contributed by atoms with Crippen molar-refractivity contribution in [1.82, 2.24) is 14.8 Å². The molecular weight excluding hydrogens is 188 g/mol. The molecule has 2 N–H and O–H groups in total. The molecule has 15 heavy (non-hydrogen) atoms. The zero-order valence-corrected chi connectivity index (χ0v) is 10.0. The number of aryl methyl sites for hydroxylation is 2. The van der Waals surface area contributed by atoms with Gasteiger partial charge >= 0.3 is 0 Å². The predicted molar refractivity (Wildman–Crippen MR) is 61.8 cm³/mol. The Hall–Kier alpha value is -0.900. The van der Waals surface area contributed by atoms with Gasteiger partial charge in [0.1, 0.15) is 5.82 Å². The van der Waals surface area contributed by atoms with Crippen LogP contribution >= 0.6 is 0 Å². The van der Waals surface area contributed by atoms with Gasteiger partial charge in [0.15, 0.2) is 5.82 Å². The van der Waals surface area contributed by atoms with Crippen molar-refractivity contribution in [2.75, 3.05) is 6.54 Å². The lowest BCUT2D eigenvalue weighted by Crippen LogP contribution is -2.22. The fourth-order valence-electron chi connectivity index (χ4n) is 1.76. The van der Waals surface area contributed by atoms with Crippen LogP contribution in [0.15, 0.2) is 0 Å². The number of nitrogens with zero attached hydrogens (tertiary/aromatic N) is 3. The first kappa shape index (κ1) is 12.2. The van der Waals surface area contributed by atoms with Gasteiger partial charge in [0, 0.05) is 19.4 Å². The molecule has 0 spiro atoms. The van der Waals surface area contributed by atoms with Gasteiger partial charge in [0.25, 0.3) is 0 Å². The Kier molecular flexibility index (Phi) is 4.75. The van der Waals surface area contributed by atoms with Crippen molar-refractivity contribution in [3.63, 3.8) is 0 Å². The average molecular weight is 210 g/mol. The predicted octanol–water partition coefficient (Wildman–Crippen LogP) is 1.70. The largest absolute Gasteiger partial charge is 0.328 e. The van der Waals surface area contributed by atoms with Crippen LogP contribution < -0.4 is 5.73 Å². The van der Waals surface area contributed by atoms with Crippen LogP contribution in [-0.4, -0.2) is 21.3 Å². The van der Waals surface area contributed by atoms with E-state index < -0.39 is 0 Å². The molecule has 1 rings (SSSR count). The van der Waals surface area contributed by atoms with Gasteiger partial charge in [-0.05, 0) is 6.42 Å². The van der Waals surface area contributed by atoms with E-state index in [1.165, 1.54) is 0 Å². The lowest BCUT2D eigenvalue weighted by Gasteiger charge is -2.15. The molecule has 0 aromatic carbocycles. The highest BCUT2D eigenvalue weighted by molar-refractivity contribution is 4.95. The van der Waals surface area contributed by atoms with E-state index in [9.17, 15) is 0 Å². The molecule has 0 aliphatic heterocycles. The maximum atomic E-state index is 5.78. The monoisotopic (exact) mass is 210 g/mol. The van der Waals surface area contributed by atoms with Crippen LogP contribution in [0.1, 0.15) is 51.3 Å². The lowest BCUT2D eigenvalue weighted by atomic mass is 10.1. The van der Waals surface area contributed by atoms with E-state index in [0.29, 0.717) is 12.6 Å². The molecule has 1 unspecified atom stereocenters. The van der Waals surface area contributed by atoms with Crippen molar-refractivity contribution in [1.29, 1.82) is 0 Å². The van der Waals surface area contributed by atoms with Crippen LogP contribution in [0.3, 0.4) is 0 Å². The zero-order valence-electron chi connectivity index (χ0n) is 10.0. The first-order valence-electron chi connectivity index (χ1n) is 5.91. The van der Waals surface area contributed by atoms with E-state index >= 15 is 0 Å². The fraction of sp³-hybridized carbons (Fsp3) is 0.818. The van der Waals surface area contributed by atoms with E-state index in [-0.39, 0.29) is 0 Å². The third-order valence-electron chi connectivity index (χ3n) is 2.62. The summed E-state index contributed by atoms with van der Waals surface area (Å²) in [6.07, 6.45) is 4.03. The quantitative estimate of drug-likeness (QED) is 0.777. The lowest BCUT2D eigenvalue weighted by molar-refractivity contribution is 0.413. The number of rotatable bonds is 6. The summed E-state index contributed by atoms with van der Waals surface area (Å²) in [6, 6.07) is 0.317. The zero-order chi connectivity index (χ0) is 11.3. The van der Waals surface area contributed by atoms with Crippen LogP contribution in [0.4, 0.5) is 0 Å². The Morgan fingerprint density at radius 3 is 2.47 bits per heavy atom. The standard InChI is InChI=1S/C11H22N4/c1-4-7-9(8-12)15-11(6-3)13-10(5-2)14-15/h9H,4-8,12H2,1-3H3. The summed E-state index contributed by atoms with van der Waals surface area (Å²) in [7, 11) is 0. The van der Waals surface area contributed by atoms with Crippen molar-refractivity contribution in [2.45, 2.75) is 52.5 Å². The second-order valence-electron chi connectivity index (χ2n) is 3.77. The minimum Gasteiger partial charge on any atom is -0.328 e. The fourth-order valence-corrected chi connectivity index (χ4v) is 1.76. The summed E-state index contributed by atoms with van der Waals surface area (Å²) < 4.78 is 2.03. The molecule has 0 bridgehead atoms. The van der Waals surface area contributed by atoms with Crippen molar-refractivity contribution < 1.29 is 0 Å². The summed E-state index contributed by atoms with van der Waals surface area (Å²) in [5.41, 5.74) is 5.78. The first-order chi connectivity index (χ1) is 7.26. The maximum absolute atomic E-state index is 5.78. The summed E-state index contributed by atoms with van der Waals surface area (Å²) in [4.78, 5) is 4.49. The molecule has 1 heterocycles. The summed E-state index contributed by atoms with van der Waals surface area (Å²) in [5.74, 6) is 2.00. The van der Waals surface area contributed by atoms with Crippen LogP contribution in [0.25, 0.3) is 0 Å². The van der Waals surface area contributed by atoms with Gasteiger partial charge in [-0.2, -0.15) is 5.10 Å². The number of nitrogens with two attached hydrogens (primary N) is 1. The second-order valence-corrected chi connectivity index (χ2v) is 3.77. The van der Waals surface area contributed by atoms with Gasteiger partial charge in [-0.15, -0.1) is 0 Å². The topological polar surface area (TPSA) is 56.7 Å². The molecule has 0 aliphatic carbocycles. The molecule has 4 nitrogen and oxygen atoms in total. The molecule has 1 aromatic heterocycles. The Morgan fingerprint density at radius 2 is 2.00 bits per heavy atom. The van der Waals surface area contributed by atoms with Gasteiger partial charge < -0.3 is 5.73 Å². The second kappa shape index (κ2) is 5.85. The minimum absolute atomic E-state index is 0.317. The highest BCUT2D eigenvalue weighted by Gasteiger charge is 2.14. The molecule has 0 saturated carbocycles. The Balaban J connectivity index is 2.93. The Labute approximate surface area is 91.9 Å². The van der Waals surface area contributed by atoms with E-state index in [2.05, 4.69) is 30.9 Å². The van der Waals surface area contributed by atoms with Crippen molar-refractivity contribution in [2.24, 2.45) is 5.73 Å². The van der Waals surface area contributed by atoms with Crippen molar-refractivity contribution >= 4 is 0 Å². The van der Waals surface area contributed by atoms with Gasteiger partial charge in [0.2, 0.25) is 0 Å². The molecule has 0 amide bonds. The molecule has 4 heteroatoms. The Bertz CT molecular complexity index is 293. The molecule has 0 radical (unpaired) electrons. The molecule has 0 saturated heterocycles. The van der Waals surface area contributed by atoms with Gasteiger partial charge in [-0.3, -0.25) is 0 Å². The van der Waals surface area contributed by atoms with Gasteiger partial charge in [-0.25, -0.2) is 9.67 Å². The van der Waals surface area contributed by atoms with Gasteiger partial charge in [0.05, 0.1) is 6.04 Å². The third kappa shape index (κ3) is 2.78. The number of hydrogen-bond donors (Lipinski definition) is 1. The highest BCUT2D eigenvalue weighted by atomic mass is 15.4. The van der Waals surface area contributed by atoms with Gasteiger partial charge in [-0.1, -0.05) is 27.2 Å². The van der Waals surface area contributed by atoms with Crippen molar-refractivity contribution in [3.8, 4) is 0 Å². The van der Waals surface area contributed by atoms with E-state index in [4.69, 9.17) is 5.73 Å². The first-order valence-corrected chi connectivity index (χ1v) is 5.91. The number of aromatic nitrogens is 3.